The van der Waals surface area contributed by atoms with Gasteiger partial charge in [0.15, 0.2) is 5.78 Å². The Bertz CT molecular complexity index is 207. The van der Waals surface area contributed by atoms with Gasteiger partial charge in [0.25, 0.3) is 0 Å². The van der Waals surface area contributed by atoms with Gasteiger partial charge < -0.3 is 0 Å². The predicted octanol–water partition coefficient (Wildman–Crippen LogP) is 2.65. The maximum atomic E-state index is 10.7. The highest BCUT2D eigenvalue weighted by Gasteiger charge is 1.90. The lowest BCUT2D eigenvalue weighted by atomic mass is 10.2. The van der Waals surface area contributed by atoms with Crippen LogP contribution in [-0.2, 0) is 4.79 Å². The van der Waals surface area contributed by atoms with Gasteiger partial charge in [-0.2, -0.15) is 0 Å². The number of carbonyl (C=O) groups is 1. The van der Waals surface area contributed by atoms with Crippen molar-refractivity contribution in [3.63, 3.8) is 0 Å². The lowest BCUT2D eigenvalue weighted by Gasteiger charge is -1.87. The zero-order valence-corrected chi connectivity index (χ0v) is 7.29. The van der Waals surface area contributed by atoms with Crippen molar-refractivity contribution in [1.29, 1.82) is 0 Å². The first kappa shape index (κ1) is 9.89. The largest absolute Gasteiger partial charge is 0.295 e. The molecule has 0 saturated heterocycles. The summed E-state index contributed by atoms with van der Waals surface area (Å²) in [6, 6.07) is 0. The van der Waals surface area contributed by atoms with Crippen LogP contribution >= 0.6 is 0 Å². The quantitative estimate of drug-likeness (QED) is 0.446. The van der Waals surface area contributed by atoms with E-state index in [0.29, 0.717) is 0 Å². The van der Waals surface area contributed by atoms with E-state index in [4.69, 9.17) is 0 Å². The van der Waals surface area contributed by atoms with Crippen LogP contribution in [0.4, 0.5) is 0 Å². The fraction of sp³-hybridized carbons (Fsp3) is 0.300. The van der Waals surface area contributed by atoms with E-state index in [0.717, 1.165) is 5.57 Å². The number of hydrogen-bond acceptors (Lipinski definition) is 1. The highest BCUT2D eigenvalue weighted by atomic mass is 16.1. The van der Waals surface area contributed by atoms with E-state index >= 15 is 0 Å². The van der Waals surface area contributed by atoms with Crippen molar-refractivity contribution >= 4 is 5.78 Å². The molecule has 1 heteroatoms. The Kier molecular flexibility index (Phi) is 5.09. The summed E-state index contributed by atoms with van der Waals surface area (Å²) < 4.78 is 0. The van der Waals surface area contributed by atoms with Crippen LogP contribution in [-0.4, -0.2) is 5.78 Å². The van der Waals surface area contributed by atoms with Crippen molar-refractivity contribution in [2.75, 3.05) is 0 Å². The Hall–Kier alpha value is -1.11. The average Bonchev–Trinajstić information content (AvgIpc) is 1.97. The molecule has 0 rings (SSSR count). The Morgan fingerprint density at radius 2 is 1.73 bits per heavy atom. The van der Waals surface area contributed by atoms with Crippen molar-refractivity contribution < 1.29 is 4.79 Å². The van der Waals surface area contributed by atoms with Gasteiger partial charge in [-0.3, -0.25) is 4.79 Å². The minimum atomic E-state index is 0.120. The van der Waals surface area contributed by atoms with E-state index in [1.807, 2.05) is 44.2 Å². The van der Waals surface area contributed by atoms with Gasteiger partial charge in [-0.05, 0) is 26.3 Å². The average molecular weight is 150 g/mol. The molecule has 0 aliphatic heterocycles. The number of rotatable bonds is 3. The van der Waals surface area contributed by atoms with Crippen LogP contribution in [0.3, 0.4) is 0 Å². The van der Waals surface area contributed by atoms with E-state index in [1.165, 1.54) is 0 Å². The summed E-state index contributed by atoms with van der Waals surface area (Å²) in [4.78, 5) is 10.7. The van der Waals surface area contributed by atoms with E-state index in [-0.39, 0.29) is 5.78 Å². The minimum Gasteiger partial charge on any atom is -0.295 e. The Labute approximate surface area is 68.1 Å². The van der Waals surface area contributed by atoms with Crippen molar-refractivity contribution in [2.45, 2.75) is 20.8 Å². The standard InChI is InChI=1S/C10H14O/c1-4-5-6-7-8-9(2)10(3)11/h4-8H,1-3H3. The summed E-state index contributed by atoms with van der Waals surface area (Å²) in [6.45, 7) is 5.32. The van der Waals surface area contributed by atoms with Crippen LogP contribution in [0.1, 0.15) is 20.8 Å². The van der Waals surface area contributed by atoms with Gasteiger partial charge >= 0.3 is 0 Å². The maximum absolute atomic E-state index is 10.7. The first-order chi connectivity index (χ1) is 5.18. The first-order valence-electron chi connectivity index (χ1n) is 3.65. The van der Waals surface area contributed by atoms with Crippen LogP contribution < -0.4 is 0 Å². The van der Waals surface area contributed by atoms with Crippen molar-refractivity contribution in [2.24, 2.45) is 0 Å². The second kappa shape index (κ2) is 5.66. The fourth-order valence-corrected chi connectivity index (χ4v) is 0.493. The second-order valence-corrected chi connectivity index (χ2v) is 2.32. The van der Waals surface area contributed by atoms with Crippen LogP contribution in [0.25, 0.3) is 0 Å². The molecule has 0 saturated carbocycles. The molecule has 60 valence electrons. The number of carbonyl (C=O) groups excluding carboxylic acids is 1. The topological polar surface area (TPSA) is 17.1 Å². The molecule has 11 heavy (non-hydrogen) atoms. The molecule has 0 fully saturated rings. The van der Waals surface area contributed by atoms with Crippen LogP contribution in [0.15, 0.2) is 36.0 Å². The second-order valence-electron chi connectivity index (χ2n) is 2.32. The normalized spacial score (nSPS) is 13.2. The summed E-state index contributed by atoms with van der Waals surface area (Å²) in [5.41, 5.74) is 0.783. The van der Waals surface area contributed by atoms with Crippen LogP contribution in [0.2, 0.25) is 0 Å². The van der Waals surface area contributed by atoms with Gasteiger partial charge in [-0.1, -0.05) is 30.4 Å². The van der Waals surface area contributed by atoms with Gasteiger partial charge in [0.05, 0.1) is 0 Å². The minimum absolute atomic E-state index is 0.120. The molecule has 0 aliphatic carbocycles. The lowest BCUT2D eigenvalue weighted by Crippen LogP contribution is -1.89. The smallest absolute Gasteiger partial charge is 0.155 e. The van der Waals surface area contributed by atoms with Gasteiger partial charge in [-0.25, -0.2) is 0 Å². The molecule has 0 bridgehead atoms. The Morgan fingerprint density at radius 3 is 2.18 bits per heavy atom. The zero-order valence-electron chi connectivity index (χ0n) is 7.29. The molecule has 0 radical (unpaired) electrons. The molecule has 0 amide bonds. The van der Waals surface area contributed by atoms with Gasteiger partial charge in [-0.15, -0.1) is 0 Å². The van der Waals surface area contributed by atoms with Gasteiger partial charge in [0, 0.05) is 0 Å². The zero-order chi connectivity index (χ0) is 8.69. The molecule has 1 nitrogen and oxygen atoms in total. The molecule has 0 N–H and O–H groups in total. The lowest BCUT2D eigenvalue weighted by molar-refractivity contribution is -0.113. The third kappa shape index (κ3) is 5.34. The molecular formula is C10H14O. The monoisotopic (exact) mass is 150 g/mol. The van der Waals surface area contributed by atoms with E-state index in [9.17, 15) is 4.79 Å². The van der Waals surface area contributed by atoms with Crippen molar-refractivity contribution in [3.8, 4) is 0 Å². The third-order valence-electron chi connectivity index (χ3n) is 1.32. The van der Waals surface area contributed by atoms with E-state index in [2.05, 4.69) is 0 Å². The summed E-state index contributed by atoms with van der Waals surface area (Å²) >= 11 is 0. The Morgan fingerprint density at radius 1 is 1.09 bits per heavy atom. The Balaban J connectivity index is 4.01. The number of allylic oxidation sites excluding steroid dienone is 6. The van der Waals surface area contributed by atoms with E-state index < -0.39 is 0 Å². The third-order valence-corrected chi connectivity index (χ3v) is 1.32. The molecule has 0 aromatic heterocycles. The van der Waals surface area contributed by atoms with Gasteiger partial charge in [0.2, 0.25) is 0 Å². The molecule has 0 aromatic rings. The molecule has 0 aliphatic rings. The van der Waals surface area contributed by atoms with Crippen molar-refractivity contribution in [3.05, 3.63) is 36.0 Å². The predicted molar refractivity (Wildman–Crippen MR) is 48.4 cm³/mol. The highest BCUT2D eigenvalue weighted by Crippen LogP contribution is 1.93. The number of ketones is 1. The molecule has 0 spiro atoms. The summed E-state index contributed by atoms with van der Waals surface area (Å²) in [6.07, 6.45) is 9.42. The number of hydrogen-bond donors (Lipinski definition) is 0. The summed E-state index contributed by atoms with van der Waals surface area (Å²) in [5, 5.41) is 0. The summed E-state index contributed by atoms with van der Waals surface area (Å²) in [7, 11) is 0. The molecule has 0 unspecified atom stereocenters. The first-order valence-corrected chi connectivity index (χ1v) is 3.65. The highest BCUT2D eigenvalue weighted by molar-refractivity contribution is 5.92. The van der Waals surface area contributed by atoms with E-state index in [1.54, 1.807) is 6.92 Å². The van der Waals surface area contributed by atoms with Gasteiger partial charge in [0.1, 0.15) is 0 Å². The molecular weight excluding hydrogens is 136 g/mol. The fourth-order valence-electron chi connectivity index (χ4n) is 0.493. The maximum Gasteiger partial charge on any atom is 0.155 e. The van der Waals surface area contributed by atoms with Crippen molar-refractivity contribution in [1.82, 2.24) is 0 Å². The van der Waals surface area contributed by atoms with Crippen LogP contribution in [0.5, 0.6) is 0 Å². The molecule has 0 aromatic carbocycles. The SMILES string of the molecule is CC=CC=CC=C(C)C(C)=O. The summed E-state index contributed by atoms with van der Waals surface area (Å²) in [5.74, 6) is 0.120. The molecule has 0 heterocycles. The molecule has 0 atom stereocenters. The number of Topliss-reactive ketones (excluding diaryl/α,β-unsaturated/α-hetero) is 1. The van der Waals surface area contributed by atoms with Crippen LogP contribution in [0, 0.1) is 0 Å².